The molecule has 1 atom stereocenters. The van der Waals surface area contributed by atoms with Gasteiger partial charge >= 0.3 is 0 Å². The lowest BCUT2D eigenvalue weighted by Gasteiger charge is -2.08. The summed E-state index contributed by atoms with van der Waals surface area (Å²) in [5, 5.41) is 14.5. The van der Waals surface area contributed by atoms with E-state index in [0.717, 1.165) is 0 Å². The minimum absolute atomic E-state index is 0.420. The lowest BCUT2D eigenvalue weighted by Crippen LogP contribution is -2.25. The molecule has 6 heteroatoms. The second kappa shape index (κ2) is 7.22. The van der Waals surface area contributed by atoms with E-state index in [1.165, 1.54) is 6.21 Å². The SMILES string of the molecule is O=C(N/N=C\c1ccc(Cl)cc1Cl)[C@H](O)c1ccccc1. The van der Waals surface area contributed by atoms with Crippen LogP contribution in [-0.4, -0.2) is 17.2 Å². The Balaban J connectivity index is 1.99. The Kier molecular flexibility index (Phi) is 5.33. The smallest absolute Gasteiger partial charge is 0.273 e. The van der Waals surface area contributed by atoms with Gasteiger partial charge in [-0.15, -0.1) is 0 Å². The molecule has 0 fully saturated rings. The standard InChI is InChI=1S/C15H12Cl2N2O2/c16-12-7-6-11(13(17)8-12)9-18-19-15(21)14(20)10-4-2-1-3-5-10/h1-9,14,20H,(H,19,21)/b18-9-/t14-/m1/s1. The number of nitrogens with zero attached hydrogens (tertiary/aromatic N) is 1. The van der Waals surface area contributed by atoms with Crippen LogP contribution in [0.25, 0.3) is 0 Å². The summed E-state index contributed by atoms with van der Waals surface area (Å²) in [4.78, 5) is 11.7. The molecule has 0 radical (unpaired) electrons. The lowest BCUT2D eigenvalue weighted by molar-refractivity contribution is -0.129. The Bertz CT molecular complexity index is 660. The summed E-state index contributed by atoms with van der Waals surface area (Å²) in [7, 11) is 0. The highest BCUT2D eigenvalue weighted by molar-refractivity contribution is 6.36. The zero-order valence-electron chi connectivity index (χ0n) is 10.8. The summed E-state index contributed by atoms with van der Waals surface area (Å²) in [5.41, 5.74) is 3.36. The highest BCUT2D eigenvalue weighted by Crippen LogP contribution is 2.19. The molecule has 2 aromatic carbocycles. The number of amides is 1. The van der Waals surface area contributed by atoms with Crippen molar-refractivity contribution in [3.63, 3.8) is 0 Å². The van der Waals surface area contributed by atoms with E-state index >= 15 is 0 Å². The predicted molar refractivity (Wildman–Crippen MR) is 83.6 cm³/mol. The maximum Gasteiger partial charge on any atom is 0.273 e. The third-order valence-corrected chi connectivity index (χ3v) is 3.27. The molecule has 0 heterocycles. The monoisotopic (exact) mass is 322 g/mol. The molecular weight excluding hydrogens is 311 g/mol. The summed E-state index contributed by atoms with van der Waals surface area (Å²) in [6.45, 7) is 0. The predicted octanol–water partition coefficient (Wildman–Crippen LogP) is 3.18. The van der Waals surface area contributed by atoms with E-state index in [1.54, 1.807) is 48.5 Å². The maximum atomic E-state index is 11.7. The zero-order valence-corrected chi connectivity index (χ0v) is 12.3. The summed E-state index contributed by atoms with van der Waals surface area (Å²) in [6, 6.07) is 13.5. The minimum Gasteiger partial charge on any atom is -0.378 e. The molecule has 0 spiro atoms. The molecule has 0 unspecified atom stereocenters. The molecule has 4 nitrogen and oxygen atoms in total. The first-order valence-corrected chi connectivity index (χ1v) is 6.84. The van der Waals surface area contributed by atoms with E-state index in [9.17, 15) is 9.90 Å². The average molecular weight is 323 g/mol. The van der Waals surface area contributed by atoms with Crippen molar-refractivity contribution in [2.24, 2.45) is 5.10 Å². The number of rotatable bonds is 4. The summed E-state index contributed by atoms with van der Waals surface area (Å²) in [6.07, 6.45) is 0.109. The molecule has 1 amide bonds. The van der Waals surface area contributed by atoms with Gasteiger partial charge in [0.15, 0.2) is 6.10 Å². The van der Waals surface area contributed by atoms with Crippen LogP contribution in [0.1, 0.15) is 17.2 Å². The fraction of sp³-hybridized carbons (Fsp3) is 0.0667. The van der Waals surface area contributed by atoms with Crippen LogP contribution in [0.4, 0.5) is 0 Å². The van der Waals surface area contributed by atoms with E-state index < -0.39 is 12.0 Å². The Hall–Kier alpha value is -1.88. The van der Waals surface area contributed by atoms with E-state index in [4.69, 9.17) is 23.2 Å². The molecular formula is C15H12Cl2N2O2. The van der Waals surface area contributed by atoms with Gasteiger partial charge in [-0.25, -0.2) is 5.43 Å². The van der Waals surface area contributed by atoms with Gasteiger partial charge in [-0.2, -0.15) is 5.10 Å². The van der Waals surface area contributed by atoms with Crippen molar-refractivity contribution in [2.75, 3.05) is 0 Å². The number of halogens is 2. The second-order valence-corrected chi connectivity index (χ2v) is 5.06. The number of hydrazone groups is 1. The lowest BCUT2D eigenvalue weighted by atomic mass is 10.1. The fourth-order valence-corrected chi connectivity index (χ4v) is 2.08. The van der Waals surface area contributed by atoms with Crippen LogP contribution in [0.5, 0.6) is 0 Å². The molecule has 0 saturated carbocycles. The summed E-state index contributed by atoms with van der Waals surface area (Å²) >= 11 is 11.7. The molecule has 2 aromatic rings. The first kappa shape index (κ1) is 15.5. The first-order chi connectivity index (χ1) is 10.1. The van der Waals surface area contributed by atoms with E-state index in [0.29, 0.717) is 21.2 Å². The number of aliphatic hydroxyl groups excluding tert-OH is 1. The normalized spacial score (nSPS) is 12.3. The van der Waals surface area contributed by atoms with Gasteiger partial charge in [-0.1, -0.05) is 59.6 Å². The molecule has 0 aliphatic carbocycles. The van der Waals surface area contributed by atoms with E-state index in [-0.39, 0.29) is 0 Å². The minimum atomic E-state index is -1.27. The van der Waals surface area contributed by atoms with Gasteiger partial charge in [0, 0.05) is 10.6 Å². The van der Waals surface area contributed by atoms with Crippen LogP contribution < -0.4 is 5.43 Å². The van der Waals surface area contributed by atoms with Crippen molar-refractivity contribution >= 4 is 35.3 Å². The topological polar surface area (TPSA) is 61.7 Å². The zero-order chi connectivity index (χ0) is 15.2. The van der Waals surface area contributed by atoms with Crippen molar-refractivity contribution in [3.05, 3.63) is 69.7 Å². The molecule has 0 saturated heterocycles. The van der Waals surface area contributed by atoms with Gasteiger partial charge in [0.25, 0.3) is 5.91 Å². The Labute approximate surface area is 132 Å². The van der Waals surface area contributed by atoms with Gasteiger partial charge in [0.05, 0.1) is 11.2 Å². The largest absolute Gasteiger partial charge is 0.378 e. The average Bonchev–Trinajstić information content (AvgIpc) is 2.49. The van der Waals surface area contributed by atoms with Crippen molar-refractivity contribution in [2.45, 2.75) is 6.10 Å². The van der Waals surface area contributed by atoms with Crippen LogP contribution in [0.15, 0.2) is 53.6 Å². The van der Waals surface area contributed by atoms with E-state index in [2.05, 4.69) is 10.5 Å². The molecule has 2 N–H and O–H groups in total. The summed E-state index contributed by atoms with van der Waals surface area (Å²) in [5.74, 6) is -0.623. The molecule has 0 bridgehead atoms. The van der Waals surface area contributed by atoms with Crippen molar-refractivity contribution in [1.82, 2.24) is 5.43 Å². The molecule has 108 valence electrons. The molecule has 21 heavy (non-hydrogen) atoms. The Morgan fingerprint density at radius 2 is 1.90 bits per heavy atom. The maximum absolute atomic E-state index is 11.7. The Morgan fingerprint density at radius 1 is 1.19 bits per heavy atom. The van der Waals surface area contributed by atoms with Gasteiger partial charge in [0.2, 0.25) is 0 Å². The number of nitrogens with one attached hydrogen (secondary N) is 1. The van der Waals surface area contributed by atoms with Crippen LogP contribution in [-0.2, 0) is 4.79 Å². The van der Waals surface area contributed by atoms with Gasteiger partial charge in [-0.3, -0.25) is 4.79 Å². The fourth-order valence-electron chi connectivity index (χ4n) is 1.62. The highest BCUT2D eigenvalue weighted by atomic mass is 35.5. The highest BCUT2D eigenvalue weighted by Gasteiger charge is 2.15. The second-order valence-electron chi connectivity index (χ2n) is 4.21. The number of aliphatic hydroxyl groups is 1. The van der Waals surface area contributed by atoms with Gasteiger partial charge in [0.1, 0.15) is 0 Å². The molecule has 0 aromatic heterocycles. The number of benzene rings is 2. The van der Waals surface area contributed by atoms with Crippen molar-refractivity contribution in [1.29, 1.82) is 0 Å². The number of carbonyl (C=O) groups excluding carboxylic acids is 1. The molecule has 0 aliphatic rings. The van der Waals surface area contributed by atoms with E-state index in [1.807, 2.05) is 0 Å². The van der Waals surface area contributed by atoms with Gasteiger partial charge < -0.3 is 5.11 Å². The number of carbonyl (C=O) groups is 1. The third kappa shape index (κ3) is 4.29. The summed E-state index contributed by atoms with van der Waals surface area (Å²) < 4.78 is 0. The van der Waals surface area contributed by atoms with Gasteiger partial charge in [-0.05, 0) is 17.7 Å². The van der Waals surface area contributed by atoms with Crippen molar-refractivity contribution < 1.29 is 9.90 Å². The number of hydrogen-bond donors (Lipinski definition) is 2. The molecule has 2 rings (SSSR count). The van der Waals surface area contributed by atoms with Crippen molar-refractivity contribution in [3.8, 4) is 0 Å². The Morgan fingerprint density at radius 3 is 2.57 bits per heavy atom. The third-order valence-electron chi connectivity index (χ3n) is 2.70. The number of hydrogen-bond acceptors (Lipinski definition) is 3. The first-order valence-electron chi connectivity index (χ1n) is 6.09. The molecule has 0 aliphatic heterocycles. The van der Waals surface area contributed by atoms with Crippen LogP contribution >= 0.6 is 23.2 Å². The van der Waals surface area contributed by atoms with Crippen LogP contribution in [0, 0.1) is 0 Å². The quantitative estimate of drug-likeness (QED) is 0.670. The van der Waals surface area contributed by atoms with Crippen LogP contribution in [0.2, 0.25) is 10.0 Å². The van der Waals surface area contributed by atoms with Crippen LogP contribution in [0.3, 0.4) is 0 Å².